The summed E-state index contributed by atoms with van der Waals surface area (Å²) in [5.41, 5.74) is 2.04. The minimum Gasteiger partial charge on any atom is -0.493 e. The van der Waals surface area contributed by atoms with Crippen LogP contribution in [0.5, 0.6) is 5.75 Å². The third-order valence-electron chi connectivity index (χ3n) is 4.67. The van der Waals surface area contributed by atoms with Crippen LogP contribution < -0.4 is 14.8 Å². The van der Waals surface area contributed by atoms with Gasteiger partial charge in [-0.2, -0.15) is 0 Å². The number of hydrogen-bond acceptors (Lipinski definition) is 5. The number of ether oxygens (including phenoxy) is 1. The van der Waals surface area contributed by atoms with Crippen LogP contribution >= 0.6 is 11.3 Å². The Balaban J connectivity index is 1.33. The summed E-state index contributed by atoms with van der Waals surface area (Å²) in [6.07, 6.45) is 0.861. The molecule has 4 rings (SSSR count). The molecule has 2 aromatic carbocycles. The molecule has 8 heteroatoms. The van der Waals surface area contributed by atoms with Crippen LogP contribution in [-0.4, -0.2) is 27.5 Å². The molecule has 0 aliphatic carbocycles. The summed E-state index contributed by atoms with van der Waals surface area (Å²) in [5, 5.41) is 4.64. The highest BCUT2D eigenvalue weighted by Gasteiger charge is 2.20. The molecule has 1 amide bonds. The maximum atomic E-state index is 12.4. The zero-order valence-electron chi connectivity index (χ0n) is 15.5. The van der Waals surface area contributed by atoms with Crippen molar-refractivity contribution in [2.75, 3.05) is 17.9 Å². The molecule has 1 aliphatic rings. The van der Waals surface area contributed by atoms with Crippen LogP contribution in [0.25, 0.3) is 0 Å². The first kappa shape index (κ1) is 19.5. The lowest BCUT2D eigenvalue weighted by atomic mass is 9.96. The normalized spacial score (nSPS) is 15.8. The van der Waals surface area contributed by atoms with Crippen LogP contribution in [0.1, 0.15) is 15.9 Å². The van der Waals surface area contributed by atoms with Crippen LogP contribution in [-0.2, 0) is 16.4 Å². The number of anilines is 1. The predicted molar refractivity (Wildman–Crippen MR) is 113 cm³/mol. The van der Waals surface area contributed by atoms with Gasteiger partial charge < -0.3 is 10.1 Å². The Morgan fingerprint density at radius 1 is 1.07 bits per heavy atom. The highest BCUT2D eigenvalue weighted by Crippen LogP contribution is 2.26. The van der Waals surface area contributed by atoms with E-state index in [1.807, 2.05) is 24.3 Å². The molecule has 0 fully saturated rings. The van der Waals surface area contributed by atoms with Gasteiger partial charge in [-0.3, -0.25) is 9.52 Å². The molecule has 2 heterocycles. The quantitative estimate of drug-likeness (QED) is 0.629. The molecule has 29 heavy (non-hydrogen) atoms. The van der Waals surface area contributed by atoms with Crippen molar-refractivity contribution in [2.24, 2.45) is 5.92 Å². The van der Waals surface area contributed by atoms with Crippen molar-refractivity contribution in [1.82, 2.24) is 5.32 Å². The van der Waals surface area contributed by atoms with E-state index < -0.39 is 10.0 Å². The molecular weight excluding hydrogens is 408 g/mol. The second-order valence-corrected chi connectivity index (χ2v) is 9.67. The highest BCUT2D eigenvalue weighted by atomic mass is 32.2. The lowest BCUT2D eigenvalue weighted by Crippen LogP contribution is -2.34. The summed E-state index contributed by atoms with van der Waals surface area (Å²) in [6, 6.07) is 17.5. The first-order valence-corrected chi connectivity index (χ1v) is 11.5. The average molecular weight is 429 g/mol. The minimum atomic E-state index is -3.60. The molecule has 3 aromatic rings. The maximum Gasteiger partial charge on any atom is 0.271 e. The molecule has 0 radical (unpaired) electrons. The van der Waals surface area contributed by atoms with Gasteiger partial charge in [-0.25, -0.2) is 8.42 Å². The molecular formula is C21H20N2O4S2. The standard InChI is InChI=1S/C21H20N2O4S2/c24-21(22-13-15-12-17-4-1-2-5-19(17)27-14-15)16-7-9-18(10-8-16)23-29(25,26)20-6-3-11-28-20/h1-11,15,23H,12-14H2,(H,22,24). The molecule has 150 valence electrons. The van der Waals surface area contributed by atoms with Crippen molar-refractivity contribution in [2.45, 2.75) is 10.6 Å². The Bertz CT molecular complexity index is 1090. The maximum absolute atomic E-state index is 12.4. The number of amides is 1. The van der Waals surface area contributed by atoms with Gasteiger partial charge in [0.1, 0.15) is 9.96 Å². The molecule has 2 N–H and O–H groups in total. The van der Waals surface area contributed by atoms with Gasteiger partial charge >= 0.3 is 0 Å². The Morgan fingerprint density at radius 3 is 2.62 bits per heavy atom. The summed E-state index contributed by atoms with van der Waals surface area (Å²) in [6.45, 7) is 1.08. The number of benzene rings is 2. The second-order valence-electron chi connectivity index (χ2n) is 6.81. The number of para-hydroxylation sites is 1. The van der Waals surface area contributed by atoms with E-state index in [0.717, 1.165) is 29.1 Å². The van der Waals surface area contributed by atoms with Gasteiger partial charge in [0.2, 0.25) is 0 Å². The van der Waals surface area contributed by atoms with Gasteiger partial charge in [-0.15, -0.1) is 11.3 Å². The fraction of sp³-hybridized carbons (Fsp3) is 0.190. The van der Waals surface area contributed by atoms with Gasteiger partial charge in [-0.1, -0.05) is 24.3 Å². The largest absolute Gasteiger partial charge is 0.493 e. The highest BCUT2D eigenvalue weighted by molar-refractivity contribution is 7.94. The summed E-state index contributed by atoms with van der Waals surface area (Å²) < 4.78 is 33.0. The van der Waals surface area contributed by atoms with E-state index in [1.54, 1.807) is 41.8 Å². The van der Waals surface area contributed by atoms with Crippen LogP contribution in [0.4, 0.5) is 5.69 Å². The van der Waals surface area contributed by atoms with Crippen molar-refractivity contribution >= 4 is 33.0 Å². The summed E-state index contributed by atoms with van der Waals surface area (Å²) in [7, 11) is -3.60. The molecule has 0 saturated carbocycles. The Morgan fingerprint density at radius 2 is 1.86 bits per heavy atom. The van der Waals surface area contributed by atoms with Gasteiger partial charge in [-0.05, 0) is 53.8 Å². The van der Waals surface area contributed by atoms with Crippen LogP contribution in [0.2, 0.25) is 0 Å². The van der Waals surface area contributed by atoms with Crippen molar-refractivity contribution in [3.05, 3.63) is 77.2 Å². The van der Waals surface area contributed by atoms with Crippen molar-refractivity contribution in [3.8, 4) is 5.75 Å². The van der Waals surface area contributed by atoms with Gasteiger partial charge in [0, 0.05) is 23.7 Å². The fourth-order valence-corrected chi connectivity index (χ4v) is 5.22. The first-order chi connectivity index (χ1) is 14.0. The van der Waals surface area contributed by atoms with Crippen molar-refractivity contribution < 1.29 is 17.9 Å². The molecule has 1 atom stereocenters. The van der Waals surface area contributed by atoms with Gasteiger partial charge in [0.15, 0.2) is 0 Å². The van der Waals surface area contributed by atoms with E-state index in [9.17, 15) is 13.2 Å². The summed E-state index contributed by atoms with van der Waals surface area (Å²) in [5.74, 6) is 0.929. The summed E-state index contributed by atoms with van der Waals surface area (Å²) >= 11 is 1.15. The molecule has 0 bridgehead atoms. The number of rotatable bonds is 6. The predicted octanol–water partition coefficient (Wildman–Crippen LogP) is 3.53. The van der Waals surface area contributed by atoms with Gasteiger partial charge in [0.05, 0.1) is 6.61 Å². The molecule has 0 saturated heterocycles. The first-order valence-electron chi connectivity index (χ1n) is 9.16. The Hall–Kier alpha value is -2.84. The SMILES string of the molecule is O=C(NCC1COc2ccccc2C1)c1ccc(NS(=O)(=O)c2cccs2)cc1. The molecule has 0 spiro atoms. The summed E-state index contributed by atoms with van der Waals surface area (Å²) in [4.78, 5) is 12.4. The van der Waals surface area contributed by atoms with E-state index in [1.165, 1.54) is 0 Å². The second kappa shape index (κ2) is 8.26. The molecule has 1 unspecified atom stereocenters. The molecule has 1 aliphatic heterocycles. The number of carbonyl (C=O) groups is 1. The van der Waals surface area contributed by atoms with E-state index in [2.05, 4.69) is 10.0 Å². The lowest BCUT2D eigenvalue weighted by Gasteiger charge is -2.25. The topological polar surface area (TPSA) is 84.5 Å². The van der Waals surface area contributed by atoms with E-state index in [4.69, 9.17) is 4.74 Å². The monoisotopic (exact) mass is 428 g/mol. The lowest BCUT2D eigenvalue weighted by molar-refractivity contribution is 0.0939. The van der Waals surface area contributed by atoms with E-state index in [-0.39, 0.29) is 16.0 Å². The number of thiophene rings is 1. The molecule has 1 aromatic heterocycles. The fourth-order valence-electron chi connectivity index (χ4n) is 3.17. The molecule has 6 nitrogen and oxygen atoms in total. The smallest absolute Gasteiger partial charge is 0.271 e. The zero-order valence-corrected chi connectivity index (χ0v) is 17.1. The van der Waals surface area contributed by atoms with Crippen LogP contribution in [0.15, 0.2) is 70.3 Å². The Labute approximate surface area is 173 Å². The van der Waals surface area contributed by atoms with Gasteiger partial charge in [0.25, 0.3) is 15.9 Å². The van der Waals surface area contributed by atoms with E-state index >= 15 is 0 Å². The third kappa shape index (κ3) is 4.60. The number of sulfonamides is 1. The van der Waals surface area contributed by atoms with Crippen LogP contribution in [0.3, 0.4) is 0 Å². The minimum absolute atomic E-state index is 0.198. The Kier molecular flexibility index (Phi) is 5.55. The van der Waals surface area contributed by atoms with E-state index in [0.29, 0.717) is 24.4 Å². The third-order valence-corrected chi connectivity index (χ3v) is 7.45. The zero-order chi connectivity index (χ0) is 20.3. The number of nitrogens with one attached hydrogen (secondary N) is 2. The number of fused-ring (bicyclic) bond motifs is 1. The number of carbonyl (C=O) groups excluding carboxylic acids is 1. The van der Waals surface area contributed by atoms with Crippen molar-refractivity contribution in [3.63, 3.8) is 0 Å². The average Bonchev–Trinajstić information content (AvgIpc) is 3.28. The van der Waals surface area contributed by atoms with Crippen LogP contribution in [0, 0.1) is 5.92 Å². The number of hydrogen-bond donors (Lipinski definition) is 2. The van der Waals surface area contributed by atoms with Crippen molar-refractivity contribution in [1.29, 1.82) is 0 Å².